The monoisotopic (exact) mass is 511 g/mol. The van der Waals surface area contributed by atoms with Gasteiger partial charge in [-0.1, -0.05) is 43.7 Å². The molecule has 2 N–H and O–H groups in total. The van der Waals surface area contributed by atoms with Crippen LogP contribution in [-0.4, -0.2) is 30.1 Å². The van der Waals surface area contributed by atoms with Crippen molar-refractivity contribution in [2.75, 3.05) is 18.9 Å². The Hall–Kier alpha value is -3.15. The molecule has 4 nitrogen and oxygen atoms in total. The maximum atomic E-state index is 10.1. The first-order valence-corrected chi connectivity index (χ1v) is 14.3. The number of nitrogens with one attached hydrogen (secondary N) is 1. The highest BCUT2D eigenvalue weighted by Crippen LogP contribution is 2.48. The predicted molar refractivity (Wildman–Crippen MR) is 152 cm³/mol. The fourth-order valence-electron chi connectivity index (χ4n) is 5.59. The van der Waals surface area contributed by atoms with Gasteiger partial charge in [0.1, 0.15) is 17.2 Å². The standard InChI is InChI=1S/C32H33NO3S/c1-2-37-26-12-15-28-29-13-8-22-19-24(34)9-14-27(22)31(29)32(36-30(28)20-26)21-6-10-25(11-7-21)35-18-16-23-5-3-4-17-33-23/h6-15,19-20,23,32-34H,2-5,16-18H2,1H3. The summed E-state index contributed by atoms with van der Waals surface area (Å²) in [6.45, 7) is 4.01. The van der Waals surface area contributed by atoms with Crippen LogP contribution in [0.25, 0.3) is 21.9 Å². The number of ether oxygens (including phenoxy) is 2. The third-order valence-electron chi connectivity index (χ3n) is 7.44. The van der Waals surface area contributed by atoms with E-state index in [0.29, 0.717) is 6.04 Å². The molecule has 1 saturated heterocycles. The van der Waals surface area contributed by atoms with Crippen LogP contribution in [0.1, 0.15) is 49.8 Å². The van der Waals surface area contributed by atoms with Gasteiger partial charge in [-0.05, 0) is 95.9 Å². The third kappa shape index (κ3) is 5.03. The molecule has 4 aromatic carbocycles. The molecule has 0 spiro atoms. The number of benzene rings is 4. The zero-order chi connectivity index (χ0) is 25.2. The van der Waals surface area contributed by atoms with Gasteiger partial charge in [-0.3, -0.25) is 0 Å². The van der Waals surface area contributed by atoms with E-state index in [1.807, 2.05) is 23.9 Å². The van der Waals surface area contributed by atoms with Crippen molar-refractivity contribution in [3.8, 4) is 28.4 Å². The average molecular weight is 512 g/mol. The Kier molecular flexibility index (Phi) is 6.99. The van der Waals surface area contributed by atoms with Gasteiger partial charge < -0.3 is 19.9 Å². The number of thioether (sulfide) groups is 1. The fraction of sp³-hybridized carbons (Fsp3) is 0.312. The van der Waals surface area contributed by atoms with Crippen LogP contribution in [0.15, 0.2) is 77.7 Å². The van der Waals surface area contributed by atoms with Crippen LogP contribution in [0.3, 0.4) is 0 Å². The number of rotatable bonds is 7. The summed E-state index contributed by atoms with van der Waals surface area (Å²) in [7, 11) is 0. The van der Waals surface area contributed by atoms with Gasteiger partial charge in [-0.2, -0.15) is 0 Å². The summed E-state index contributed by atoms with van der Waals surface area (Å²) >= 11 is 1.82. The topological polar surface area (TPSA) is 50.7 Å². The minimum atomic E-state index is -0.252. The van der Waals surface area contributed by atoms with Gasteiger partial charge in [0, 0.05) is 22.1 Å². The number of hydrogen-bond donors (Lipinski definition) is 2. The molecule has 0 amide bonds. The molecule has 2 aliphatic rings. The number of aromatic hydroxyl groups is 1. The molecule has 4 aromatic rings. The van der Waals surface area contributed by atoms with E-state index >= 15 is 0 Å². The van der Waals surface area contributed by atoms with E-state index in [1.54, 1.807) is 6.07 Å². The van der Waals surface area contributed by atoms with E-state index in [-0.39, 0.29) is 11.9 Å². The van der Waals surface area contributed by atoms with E-state index in [4.69, 9.17) is 9.47 Å². The number of piperidine rings is 1. The molecule has 2 atom stereocenters. The lowest BCUT2D eigenvalue weighted by atomic mass is 9.86. The third-order valence-corrected chi connectivity index (χ3v) is 8.31. The van der Waals surface area contributed by atoms with Crippen molar-refractivity contribution < 1.29 is 14.6 Å². The molecule has 0 aliphatic carbocycles. The van der Waals surface area contributed by atoms with Crippen LogP contribution < -0.4 is 14.8 Å². The lowest BCUT2D eigenvalue weighted by Crippen LogP contribution is -2.35. The van der Waals surface area contributed by atoms with Crippen LogP contribution in [0.2, 0.25) is 0 Å². The lowest BCUT2D eigenvalue weighted by Gasteiger charge is -2.31. The number of phenolic OH excluding ortho intramolecular Hbond substituents is 1. The second kappa shape index (κ2) is 10.7. The molecule has 0 saturated carbocycles. The maximum absolute atomic E-state index is 10.1. The molecule has 5 heteroatoms. The summed E-state index contributed by atoms with van der Waals surface area (Å²) < 4.78 is 12.8. The van der Waals surface area contributed by atoms with Crippen molar-refractivity contribution in [3.63, 3.8) is 0 Å². The normalized spacial score (nSPS) is 18.6. The molecular formula is C32H33NO3S. The Morgan fingerprint density at radius 1 is 0.973 bits per heavy atom. The van der Waals surface area contributed by atoms with Crippen molar-refractivity contribution in [3.05, 3.63) is 83.9 Å². The van der Waals surface area contributed by atoms with E-state index < -0.39 is 0 Å². The fourth-order valence-corrected chi connectivity index (χ4v) is 6.27. The average Bonchev–Trinajstić information content (AvgIpc) is 2.93. The summed E-state index contributed by atoms with van der Waals surface area (Å²) in [4.78, 5) is 1.21. The van der Waals surface area contributed by atoms with Gasteiger partial charge in [-0.25, -0.2) is 0 Å². The Morgan fingerprint density at radius 3 is 2.65 bits per heavy atom. The molecule has 0 radical (unpaired) electrons. The summed E-state index contributed by atoms with van der Waals surface area (Å²) in [6, 6.07) is 25.3. The van der Waals surface area contributed by atoms with Crippen molar-refractivity contribution >= 4 is 22.5 Å². The Bertz CT molecular complexity index is 1400. The first-order valence-electron chi connectivity index (χ1n) is 13.4. The minimum Gasteiger partial charge on any atom is -0.508 e. The van der Waals surface area contributed by atoms with Gasteiger partial charge in [0.25, 0.3) is 0 Å². The van der Waals surface area contributed by atoms with Crippen LogP contribution in [0.4, 0.5) is 0 Å². The highest BCUT2D eigenvalue weighted by Gasteiger charge is 2.29. The maximum Gasteiger partial charge on any atom is 0.150 e. The van der Waals surface area contributed by atoms with Crippen LogP contribution >= 0.6 is 11.8 Å². The highest BCUT2D eigenvalue weighted by atomic mass is 32.2. The van der Waals surface area contributed by atoms with E-state index in [0.717, 1.165) is 64.3 Å². The minimum absolute atomic E-state index is 0.252. The molecule has 6 rings (SSSR count). The molecule has 0 aromatic heterocycles. The molecule has 2 aliphatic heterocycles. The summed E-state index contributed by atoms with van der Waals surface area (Å²) in [6.07, 6.45) is 4.62. The zero-order valence-electron chi connectivity index (χ0n) is 21.2. The largest absolute Gasteiger partial charge is 0.508 e. The second-order valence-corrected chi connectivity index (χ2v) is 11.2. The van der Waals surface area contributed by atoms with Crippen molar-refractivity contribution in [1.82, 2.24) is 5.32 Å². The van der Waals surface area contributed by atoms with Gasteiger partial charge in [0.2, 0.25) is 0 Å². The molecule has 1 fully saturated rings. The number of phenols is 1. The van der Waals surface area contributed by atoms with Crippen LogP contribution in [0.5, 0.6) is 17.2 Å². The van der Waals surface area contributed by atoms with Gasteiger partial charge in [0.15, 0.2) is 6.10 Å². The van der Waals surface area contributed by atoms with Crippen LogP contribution in [-0.2, 0) is 0 Å². The summed E-state index contributed by atoms with van der Waals surface area (Å²) in [5, 5.41) is 15.8. The number of fused-ring (bicyclic) bond motifs is 5. The van der Waals surface area contributed by atoms with E-state index in [2.05, 4.69) is 66.8 Å². The molecular weight excluding hydrogens is 478 g/mol. The highest BCUT2D eigenvalue weighted by molar-refractivity contribution is 7.99. The summed E-state index contributed by atoms with van der Waals surface area (Å²) in [5.41, 5.74) is 4.51. The SMILES string of the molecule is CCSc1ccc2c(c1)OC(c1ccc(OCCC3CCCCN3)cc1)c1c-2ccc2cc(O)ccc12. The Morgan fingerprint density at radius 2 is 1.84 bits per heavy atom. The lowest BCUT2D eigenvalue weighted by molar-refractivity contribution is 0.244. The van der Waals surface area contributed by atoms with Crippen molar-refractivity contribution in [2.24, 2.45) is 0 Å². The van der Waals surface area contributed by atoms with Crippen molar-refractivity contribution in [2.45, 2.75) is 49.6 Å². The molecule has 37 heavy (non-hydrogen) atoms. The Labute approximate surface area is 223 Å². The molecule has 2 heterocycles. The number of hydrogen-bond acceptors (Lipinski definition) is 5. The first kappa shape index (κ1) is 24.2. The smallest absolute Gasteiger partial charge is 0.150 e. The zero-order valence-corrected chi connectivity index (χ0v) is 22.0. The summed E-state index contributed by atoms with van der Waals surface area (Å²) in [5.74, 6) is 3.09. The van der Waals surface area contributed by atoms with Crippen molar-refractivity contribution in [1.29, 1.82) is 0 Å². The van der Waals surface area contributed by atoms with Gasteiger partial charge >= 0.3 is 0 Å². The first-order chi connectivity index (χ1) is 18.2. The van der Waals surface area contributed by atoms with Gasteiger partial charge in [0.05, 0.1) is 6.61 Å². The predicted octanol–water partition coefficient (Wildman–Crippen LogP) is 7.72. The van der Waals surface area contributed by atoms with Crippen LogP contribution in [0, 0.1) is 0 Å². The quantitative estimate of drug-likeness (QED) is 0.249. The second-order valence-electron chi connectivity index (χ2n) is 9.87. The Balaban J connectivity index is 1.32. The van der Waals surface area contributed by atoms with Gasteiger partial charge in [-0.15, -0.1) is 11.8 Å². The van der Waals surface area contributed by atoms with E-state index in [1.165, 1.54) is 29.7 Å². The molecule has 2 unspecified atom stereocenters. The molecule has 190 valence electrons. The van der Waals surface area contributed by atoms with E-state index in [9.17, 15) is 5.11 Å². The molecule has 0 bridgehead atoms.